The number of amides is 2. The maximum Gasteiger partial charge on any atom is 0.240 e. The molecule has 2 amide bonds. The number of likely N-dealkylation sites (N-methyl/N-ethyl adjacent to an activating group) is 1. The number of thiophene rings is 1. The summed E-state index contributed by atoms with van der Waals surface area (Å²) in [5.41, 5.74) is 7.05. The van der Waals surface area contributed by atoms with Gasteiger partial charge in [-0.25, -0.2) is 4.68 Å². The average Bonchev–Trinajstić information content (AvgIpc) is 3.48. The standard InChI is InChI=1S/C31H35N5O2S2/c1-20-11-12-24(22(3)17-20)36-31-27(28(33-36)23-9-7-6-8-10-23)30(29-21(2)13-16-39-29)40-19-26(38)35(31)18-25(37)32-14-15-34(4)5/h6-13,16-17,30H,14-15,18-19H2,1-5H3,(H,32,37)/t30-/m0/s1. The van der Waals surface area contributed by atoms with E-state index in [0.717, 1.165) is 40.2 Å². The van der Waals surface area contributed by atoms with Gasteiger partial charge in [-0.2, -0.15) is 5.10 Å². The highest BCUT2D eigenvalue weighted by molar-refractivity contribution is 8.00. The molecule has 40 heavy (non-hydrogen) atoms. The molecule has 0 saturated heterocycles. The van der Waals surface area contributed by atoms with Crippen LogP contribution in [0.2, 0.25) is 0 Å². The molecule has 1 aliphatic rings. The van der Waals surface area contributed by atoms with Gasteiger partial charge >= 0.3 is 0 Å². The van der Waals surface area contributed by atoms with Crippen LogP contribution >= 0.6 is 23.1 Å². The number of hydrogen-bond acceptors (Lipinski definition) is 6. The number of hydrogen-bond donors (Lipinski definition) is 1. The zero-order valence-corrected chi connectivity index (χ0v) is 25.2. The van der Waals surface area contributed by atoms with Crippen molar-refractivity contribution in [3.63, 3.8) is 0 Å². The van der Waals surface area contributed by atoms with Gasteiger partial charge in [-0.05, 0) is 63.5 Å². The molecule has 2 aromatic heterocycles. The Morgan fingerprint density at radius 1 is 1.07 bits per heavy atom. The van der Waals surface area contributed by atoms with E-state index in [0.29, 0.717) is 12.4 Å². The maximum atomic E-state index is 13.8. The molecule has 1 atom stereocenters. The molecule has 9 heteroatoms. The van der Waals surface area contributed by atoms with E-state index < -0.39 is 0 Å². The summed E-state index contributed by atoms with van der Waals surface area (Å²) in [5.74, 6) is 0.645. The molecular weight excluding hydrogens is 539 g/mol. The van der Waals surface area contributed by atoms with Gasteiger partial charge in [0.05, 0.1) is 22.4 Å². The molecule has 0 radical (unpaired) electrons. The van der Waals surface area contributed by atoms with Crippen LogP contribution in [-0.4, -0.2) is 66.0 Å². The number of rotatable bonds is 8. The maximum absolute atomic E-state index is 13.8. The minimum Gasteiger partial charge on any atom is -0.353 e. The van der Waals surface area contributed by atoms with Gasteiger partial charge in [-0.15, -0.1) is 23.1 Å². The van der Waals surface area contributed by atoms with Crippen LogP contribution in [0.1, 0.15) is 32.4 Å². The summed E-state index contributed by atoms with van der Waals surface area (Å²) in [7, 11) is 3.93. The Hall–Kier alpha value is -3.40. The molecule has 3 heterocycles. The van der Waals surface area contributed by atoms with E-state index in [-0.39, 0.29) is 29.4 Å². The fraction of sp³-hybridized carbons (Fsp3) is 0.323. The van der Waals surface area contributed by atoms with Crippen LogP contribution in [0, 0.1) is 20.8 Å². The number of nitrogens with zero attached hydrogens (tertiary/aromatic N) is 4. The first-order valence-corrected chi connectivity index (χ1v) is 15.3. The lowest BCUT2D eigenvalue weighted by molar-refractivity contribution is -0.122. The second-order valence-electron chi connectivity index (χ2n) is 10.4. The number of aryl methyl sites for hydroxylation is 3. The van der Waals surface area contributed by atoms with E-state index in [1.54, 1.807) is 28.0 Å². The molecule has 1 aliphatic heterocycles. The molecule has 0 aliphatic carbocycles. The summed E-state index contributed by atoms with van der Waals surface area (Å²) < 4.78 is 1.89. The number of benzene rings is 2. The van der Waals surface area contributed by atoms with E-state index >= 15 is 0 Å². The van der Waals surface area contributed by atoms with Crippen molar-refractivity contribution in [3.8, 4) is 16.9 Å². The normalized spacial score (nSPS) is 15.3. The largest absolute Gasteiger partial charge is 0.353 e. The summed E-state index contributed by atoms with van der Waals surface area (Å²) in [6.45, 7) is 7.41. The fourth-order valence-electron chi connectivity index (χ4n) is 5.02. The number of thioether (sulfide) groups is 1. The Balaban J connectivity index is 1.74. The van der Waals surface area contributed by atoms with Crippen molar-refractivity contribution in [2.75, 3.05) is 44.4 Å². The van der Waals surface area contributed by atoms with Crippen LogP contribution in [0.5, 0.6) is 0 Å². The van der Waals surface area contributed by atoms with Gasteiger partial charge in [0.2, 0.25) is 11.8 Å². The first-order chi connectivity index (χ1) is 19.2. The highest BCUT2D eigenvalue weighted by atomic mass is 32.2. The molecule has 0 saturated carbocycles. The molecule has 5 rings (SSSR count). The number of fused-ring (bicyclic) bond motifs is 1. The van der Waals surface area contributed by atoms with Crippen LogP contribution in [-0.2, 0) is 9.59 Å². The summed E-state index contributed by atoms with van der Waals surface area (Å²) in [4.78, 5) is 31.9. The predicted octanol–water partition coefficient (Wildman–Crippen LogP) is 5.37. The minimum absolute atomic E-state index is 0.0687. The Morgan fingerprint density at radius 3 is 2.52 bits per heavy atom. The molecule has 1 N–H and O–H groups in total. The summed E-state index contributed by atoms with van der Waals surface area (Å²) >= 11 is 3.31. The average molecular weight is 574 g/mol. The van der Waals surface area contributed by atoms with Crippen molar-refractivity contribution in [1.82, 2.24) is 20.0 Å². The first kappa shape index (κ1) is 28.1. The molecule has 2 aromatic carbocycles. The van der Waals surface area contributed by atoms with Crippen molar-refractivity contribution in [2.45, 2.75) is 26.0 Å². The van der Waals surface area contributed by atoms with Gasteiger partial charge in [0.25, 0.3) is 0 Å². The van der Waals surface area contributed by atoms with Gasteiger partial charge in [-0.3, -0.25) is 14.5 Å². The zero-order valence-electron chi connectivity index (χ0n) is 23.6. The number of anilines is 1. The van der Waals surface area contributed by atoms with E-state index in [1.165, 1.54) is 10.4 Å². The summed E-state index contributed by atoms with van der Waals surface area (Å²) in [6.07, 6.45) is 0. The first-order valence-electron chi connectivity index (χ1n) is 13.4. The van der Waals surface area contributed by atoms with Crippen molar-refractivity contribution >= 4 is 40.7 Å². The predicted molar refractivity (Wildman–Crippen MR) is 166 cm³/mol. The van der Waals surface area contributed by atoms with Gasteiger partial charge < -0.3 is 10.2 Å². The zero-order chi connectivity index (χ0) is 28.4. The Bertz CT molecular complexity index is 1530. The lowest BCUT2D eigenvalue weighted by Crippen LogP contribution is -2.43. The smallest absolute Gasteiger partial charge is 0.240 e. The SMILES string of the molecule is Cc1ccc(-n2nc(-c3ccccc3)c3c2N(CC(=O)NCCN(C)C)C(=O)CS[C@@H]3c2sccc2C)c(C)c1. The number of aromatic nitrogens is 2. The molecule has 0 spiro atoms. The molecular formula is C31H35N5O2S2. The number of nitrogens with one attached hydrogen (secondary N) is 1. The van der Waals surface area contributed by atoms with Crippen LogP contribution < -0.4 is 10.2 Å². The van der Waals surface area contributed by atoms with Crippen LogP contribution in [0.3, 0.4) is 0 Å². The monoisotopic (exact) mass is 573 g/mol. The topological polar surface area (TPSA) is 70.5 Å². The van der Waals surface area contributed by atoms with Gasteiger partial charge in [0.1, 0.15) is 12.4 Å². The molecule has 7 nitrogen and oxygen atoms in total. The van der Waals surface area contributed by atoms with E-state index in [4.69, 9.17) is 5.10 Å². The summed E-state index contributed by atoms with van der Waals surface area (Å²) in [5, 5.41) is 10.2. The number of carbonyl (C=O) groups is 2. The fourth-order valence-corrected chi connectivity index (χ4v) is 7.49. The Labute approximate surface area is 244 Å². The van der Waals surface area contributed by atoms with Crippen LogP contribution in [0.25, 0.3) is 16.9 Å². The van der Waals surface area contributed by atoms with E-state index in [1.807, 2.05) is 41.9 Å². The van der Waals surface area contributed by atoms with Crippen molar-refractivity contribution < 1.29 is 9.59 Å². The van der Waals surface area contributed by atoms with Crippen LogP contribution in [0.4, 0.5) is 5.82 Å². The van der Waals surface area contributed by atoms with Crippen LogP contribution in [0.15, 0.2) is 60.0 Å². The van der Waals surface area contributed by atoms with Crippen molar-refractivity contribution in [1.29, 1.82) is 0 Å². The van der Waals surface area contributed by atoms with Gasteiger partial charge in [-0.1, -0.05) is 48.0 Å². The third kappa shape index (κ3) is 5.73. The molecule has 0 bridgehead atoms. The van der Waals surface area contributed by atoms with Crippen molar-refractivity contribution in [3.05, 3.63) is 87.1 Å². The van der Waals surface area contributed by atoms with Gasteiger partial charge in [0.15, 0.2) is 0 Å². The lowest BCUT2D eigenvalue weighted by Gasteiger charge is -2.24. The molecule has 4 aromatic rings. The molecule has 208 valence electrons. The lowest BCUT2D eigenvalue weighted by atomic mass is 10.0. The molecule has 0 fully saturated rings. The van der Waals surface area contributed by atoms with Crippen molar-refractivity contribution in [2.24, 2.45) is 0 Å². The van der Waals surface area contributed by atoms with Gasteiger partial charge in [0, 0.05) is 29.1 Å². The quantitative estimate of drug-likeness (QED) is 0.307. The third-order valence-electron chi connectivity index (χ3n) is 7.04. The van der Waals surface area contributed by atoms with E-state index in [9.17, 15) is 9.59 Å². The Kier molecular flexibility index (Phi) is 8.44. The third-order valence-corrected chi connectivity index (χ3v) is 9.49. The molecule has 0 unspecified atom stereocenters. The van der Waals surface area contributed by atoms with E-state index in [2.05, 4.69) is 67.9 Å². The second kappa shape index (κ2) is 12.0. The second-order valence-corrected chi connectivity index (χ2v) is 12.5. The summed E-state index contributed by atoms with van der Waals surface area (Å²) in [6, 6.07) is 18.5. The highest BCUT2D eigenvalue weighted by Gasteiger charge is 2.38. The minimum atomic E-state index is -0.188. The highest BCUT2D eigenvalue weighted by Crippen LogP contribution is 2.50. The number of carbonyl (C=O) groups excluding carboxylic acids is 2. The Morgan fingerprint density at radius 2 is 1.85 bits per heavy atom.